The Bertz CT molecular complexity index is 680. The van der Waals surface area contributed by atoms with E-state index >= 15 is 0 Å². The Balaban J connectivity index is 2.15. The lowest BCUT2D eigenvalue weighted by molar-refractivity contribution is 0.296. The average molecular weight is 325 g/mol. The maximum absolute atomic E-state index is 9.62. The van der Waals surface area contributed by atoms with Crippen LogP contribution in [0.5, 0.6) is 0 Å². The second-order valence-corrected chi connectivity index (χ2v) is 6.61. The third kappa shape index (κ3) is 3.17. The van der Waals surface area contributed by atoms with Crippen molar-refractivity contribution in [3.63, 3.8) is 0 Å². The Kier molecular flexibility index (Phi) is 5.17. The van der Waals surface area contributed by atoms with Crippen LogP contribution in [-0.4, -0.2) is 61.1 Å². The standard InChI is InChI=1S/C20H27N3O/c1-15(14-24)23-13-10-16-6-4-5-7-18(16)19(20(23)21-2)17-8-11-22(3)12-9-17/h4-7,24H,1,8-14H2,2-3H3. The maximum Gasteiger partial charge on any atom is 0.135 e. The van der Waals surface area contributed by atoms with E-state index in [0.29, 0.717) is 0 Å². The first-order valence-corrected chi connectivity index (χ1v) is 8.68. The molecule has 2 aliphatic rings. The summed E-state index contributed by atoms with van der Waals surface area (Å²) in [6, 6.07) is 8.64. The van der Waals surface area contributed by atoms with Crippen molar-refractivity contribution in [2.75, 3.05) is 40.3 Å². The summed E-state index contributed by atoms with van der Waals surface area (Å²) in [7, 11) is 4.02. The van der Waals surface area contributed by atoms with Crippen LogP contribution in [0.25, 0.3) is 5.57 Å². The van der Waals surface area contributed by atoms with E-state index in [1.165, 1.54) is 22.3 Å². The second-order valence-electron chi connectivity index (χ2n) is 6.61. The minimum Gasteiger partial charge on any atom is -0.390 e. The number of hydrogen-bond acceptors (Lipinski definition) is 3. The molecular formula is C20H27N3O. The fourth-order valence-electron chi connectivity index (χ4n) is 3.69. The highest BCUT2D eigenvalue weighted by Gasteiger charge is 2.28. The van der Waals surface area contributed by atoms with E-state index in [1.54, 1.807) is 0 Å². The third-order valence-electron chi connectivity index (χ3n) is 5.09. The van der Waals surface area contributed by atoms with E-state index in [-0.39, 0.29) is 6.61 Å². The Morgan fingerprint density at radius 1 is 1.17 bits per heavy atom. The maximum atomic E-state index is 9.62. The number of piperidine rings is 1. The van der Waals surface area contributed by atoms with E-state index in [2.05, 4.69) is 52.7 Å². The first kappa shape index (κ1) is 16.9. The number of nitrogens with zero attached hydrogens (tertiary/aromatic N) is 3. The van der Waals surface area contributed by atoms with Gasteiger partial charge >= 0.3 is 0 Å². The van der Waals surface area contributed by atoms with Crippen LogP contribution in [-0.2, 0) is 6.42 Å². The molecule has 0 bridgehead atoms. The Morgan fingerprint density at radius 3 is 2.54 bits per heavy atom. The molecule has 2 aliphatic heterocycles. The van der Waals surface area contributed by atoms with Crippen LogP contribution in [0.2, 0.25) is 0 Å². The highest BCUT2D eigenvalue weighted by molar-refractivity contribution is 6.24. The van der Waals surface area contributed by atoms with Gasteiger partial charge in [-0.3, -0.25) is 4.99 Å². The van der Waals surface area contributed by atoms with Crippen molar-refractivity contribution in [3.8, 4) is 0 Å². The molecule has 0 saturated carbocycles. The van der Waals surface area contributed by atoms with Crippen LogP contribution >= 0.6 is 0 Å². The number of likely N-dealkylation sites (tertiary alicyclic amines) is 1. The minimum absolute atomic E-state index is 0.0410. The number of aliphatic hydroxyl groups is 1. The number of aliphatic hydroxyl groups excluding tert-OH is 1. The highest BCUT2D eigenvalue weighted by atomic mass is 16.3. The van der Waals surface area contributed by atoms with Crippen LogP contribution in [0.1, 0.15) is 24.0 Å². The fraction of sp³-hybridized carbons (Fsp3) is 0.450. The largest absolute Gasteiger partial charge is 0.390 e. The quantitative estimate of drug-likeness (QED) is 0.908. The molecule has 4 nitrogen and oxygen atoms in total. The summed E-state index contributed by atoms with van der Waals surface area (Å²) in [5, 5.41) is 9.62. The zero-order chi connectivity index (χ0) is 17.1. The van der Waals surface area contributed by atoms with E-state index in [0.717, 1.165) is 50.4 Å². The summed E-state index contributed by atoms with van der Waals surface area (Å²) in [5.74, 6) is 0.957. The minimum atomic E-state index is -0.0410. The van der Waals surface area contributed by atoms with Gasteiger partial charge in [-0.15, -0.1) is 0 Å². The molecule has 1 aromatic rings. The Hall–Kier alpha value is -1.91. The van der Waals surface area contributed by atoms with Gasteiger partial charge in [0.15, 0.2) is 0 Å². The molecule has 128 valence electrons. The number of aliphatic imine (C=N–C) groups is 1. The van der Waals surface area contributed by atoms with Crippen molar-refractivity contribution in [3.05, 3.63) is 53.2 Å². The lowest BCUT2D eigenvalue weighted by atomic mass is 9.90. The van der Waals surface area contributed by atoms with E-state index in [4.69, 9.17) is 0 Å². The van der Waals surface area contributed by atoms with Crippen LogP contribution in [0.15, 0.2) is 47.1 Å². The van der Waals surface area contributed by atoms with Crippen molar-refractivity contribution in [2.24, 2.45) is 4.99 Å². The van der Waals surface area contributed by atoms with Crippen LogP contribution in [0.4, 0.5) is 0 Å². The van der Waals surface area contributed by atoms with Crippen LogP contribution in [0, 0.1) is 0 Å². The fourth-order valence-corrected chi connectivity index (χ4v) is 3.69. The predicted molar refractivity (Wildman–Crippen MR) is 100 cm³/mol. The summed E-state index contributed by atoms with van der Waals surface area (Å²) in [6.07, 6.45) is 3.07. The molecule has 1 aromatic carbocycles. The summed E-state index contributed by atoms with van der Waals surface area (Å²) < 4.78 is 0. The number of amidine groups is 1. The predicted octanol–water partition coefficient (Wildman–Crippen LogP) is 2.56. The lowest BCUT2D eigenvalue weighted by Crippen LogP contribution is -2.34. The zero-order valence-corrected chi connectivity index (χ0v) is 14.8. The molecule has 0 amide bonds. The smallest absolute Gasteiger partial charge is 0.135 e. The molecule has 0 aliphatic carbocycles. The molecule has 0 unspecified atom stereocenters. The molecular weight excluding hydrogens is 298 g/mol. The van der Waals surface area contributed by atoms with Crippen molar-refractivity contribution in [2.45, 2.75) is 19.3 Å². The molecule has 1 N–H and O–H groups in total. The van der Waals surface area contributed by atoms with Gasteiger partial charge in [-0.1, -0.05) is 36.4 Å². The van der Waals surface area contributed by atoms with Gasteiger partial charge in [0.05, 0.1) is 6.61 Å². The first-order valence-electron chi connectivity index (χ1n) is 8.68. The van der Waals surface area contributed by atoms with E-state index in [9.17, 15) is 5.11 Å². The number of hydrogen-bond donors (Lipinski definition) is 1. The van der Waals surface area contributed by atoms with E-state index in [1.807, 2.05) is 7.05 Å². The summed E-state index contributed by atoms with van der Waals surface area (Å²) in [5.41, 5.74) is 6.10. The van der Waals surface area contributed by atoms with Gasteiger partial charge in [0.1, 0.15) is 5.84 Å². The average Bonchev–Trinajstić information content (AvgIpc) is 2.78. The van der Waals surface area contributed by atoms with Gasteiger partial charge in [-0.25, -0.2) is 0 Å². The summed E-state index contributed by atoms with van der Waals surface area (Å²) in [4.78, 5) is 9.10. The van der Waals surface area contributed by atoms with Crippen LogP contribution in [0.3, 0.4) is 0 Å². The molecule has 1 saturated heterocycles. The molecule has 2 heterocycles. The molecule has 24 heavy (non-hydrogen) atoms. The van der Waals surface area contributed by atoms with Gasteiger partial charge in [0.2, 0.25) is 0 Å². The van der Waals surface area contributed by atoms with Gasteiger partial charge in [0.25, 0.3) is 0 Å². The molecule has 0 radical (unpaired) electrons. The molecule has 4 heteroatoms. The summed E-state index contributed by atoms with van der Waals surface area (Å²) >= 11 is 0. The third-order valence-corrected chi connectivity index (χ3v) is 5.09. The zero-order valence-electron chi connectivity index (χ0n) is 14.8. The van der Waals surface area contributed by atoms with E-state index < -0.39 is 0 Å². The molecule has 0 aromatic heterocycles. The SMILES string of the molecule is C=C(CO)N1CCc2ccccc2C(=C2CCN(C)CC2)C1=NC. The van der Waals surface area contributed by atoms with Gasteiger partial charge < -0.3 is 14.9 Å². The lowest BCUT2D eigenvalue weighted by Gasteiger charge is -2.30. The normalized spacial score (nSPS) is 21.0. The van der Waals surface area contributed by atoms with Crippen molar-refractivity contribution < 1.29 is 5.11 Å². The van der Waals surface area contributed by atoms with Gasteiger partial charge in [-0.05, 0) is 37.4 Å². The number of benzene rings is 1. The second kappa shape index (κ2) is 7.32. The van der Waals surface area contributed by atoms with Crippen molar-refractivity contribution in [1.29, 1.82) is 0 Å². The van der Waals surface area contributed by atoms with Crippen molar-refractivity contribution >= 4 is 11.4 Å². The first-order chi connectivity index (χ1) is 11.7. The monoisotopic (exact) mass is 325 g/mol. The summed E-state index contributed by atoms with van der Waals surface area (Å²) in [6.45, 7) is 6.98. The molecule has 0 atom stereocenters. The Morgan fingerprint density at radius 2 is 1.88 bits per heavy atom. The van der Waals surface area contributed by atoms with Gasteiger partial charge in [0, 0.05) is 38.0 Å². The Labute approximate surface area is 144 Å². The highest BCUT2D eigenvalue weighted by Crippen LogP contribution is 2.34. The topological polar surface area (TPSA) is 39.1 Å². The van der Waals surface area contributed by atoms with Crippen molar-refractivity contribution in [1.82, 2.24) is 9.80 Å². The van der Waals surface area contributed by atoms with Gasteiger partial charge in [-0.2, -0.15) is 0 Å². The number of rotatable bonds is 2. The molecule has 3 rings (SSSR count). The number of fused-ring (bicyclic) bond motifs is 1. The molecule has 1 fully saturated rings. The van der Waals surface area contributed by atoms with Crippen LogP contribution < -0.4 is 0 Å². The molecule has 0 spiro atoms.